The molecule has 25 heavy (non-hydrogen) atoms. The summed E-state index contributed by atoms with van der Waals surface area (Å²) in [6.45, 7) is 6.80. The second-order valence-electron chi connectivity index (χ2n) is 8.21. The molecule has 1 heteroatoms. The number of hydrogen-bond acceptors (Lipinski definition) is 1. The average molecular weight is 345 g/mol. The van der Waals surface area contributed by atoms with Gasteiger partial charge in [0.1, 0.15) is 5.75 Å². The Morgan fingerprint density at radius 3 is 2.20 bits per heavy atom. The number of hydrogen-bond donors (Lipinski definition) is 0. The lowest BCUT2D eigenvalue weighted by Crippen LogP contribution is -2.13. The first-order valence-electron chi connectivity index (χ1n) is 11.0. The highest BCUT2D eigenvalue weighted by Gasteiger charge is 2.21. The summed E-state index contributed by atoms with van der Waals surface area (Å²) >= 11 is 0. The predicted molar refractivity (Wildman–Crippen MR) is 110 cm³/mol. The van der Waals surface area contributed by atoms with E-state index in [1.165, 1.54) is 82.6 Å². The minimum Gasteiger partial charge on any atom is -0.491 e. The van der Waals surface area contributed by atoms with Crippen LogP contribution in [0.3, 0.4) is 0 Å². The summed E-state index contributed by atoms with van der Waals surface area (Å²) in [7, 11) is 0. The molecule has 0 amide bonds. The van der Waals surface area contributed by atoms with Crippen LogP contribution in [0.2, 0.25) is 0 Å². The quantitative estimate of drug-likeness (QED) is 0.371. The largest absolute Gasteiger partial charge is 0.491 e. The van der Waals surface area contributed by atoms with Crippen LogP contribution in [0, 0.1) is 5.92 Å². The summed E-state index contributed by atoms with van der Waals surface area (Å²) in [6.07, 6.45) is 16.6. The van der Waals surface area contributed by atoms with E-state index in [9.17, 15) is 0 Å². The Hall–Kier alpha value is -0.980. The van der Waals surface area contributed by atoms with E-state index in [1.807, 2.05) is 0 Å². The van der Waals surface area contributed by atoms with Gasteiger partial charge in [-0.2, -0.15) is 0 Å². The van der Waals surface area contributed by atoms with Gasteiger partial charge in [-0.15, -0.1) is 0 Å². The van der Waals surface area contributed by atoms with E-state index in [2.05, 4.69) is 45.0 Å². The third-order valence-corrected chi connectivity index (χ3v) is 5.95. The fourth-order valence-corrected chi connectivity index (χ4v) is 4.34. The van der Waals surface area contributed by atoms with Crippen molar-refractivity contribution in [2.45, 2.75) is 110 Å². The molecule has 1 aromatic rings. The van der Waals surface area contributed by atoms with Gasteiger partial charge in [0.05, 0.1) is 6.10 Å². The van der Waals surface area contributed by atoms with Gasteiger partial charge in [-0.25, -0.2) is 0 Å². The summed E-state index contributed by atoms with van der Waals surface area (Å²) in [5, 5.41) is 0. The van der Waals surface area contributed by atoms with Crippen LogP contribution in [0.25, 0.3) is 0 Å². The van der Waals surface area contributed by atoms with Crippen LogP contribution in [0.5, 0.6) is 5.75 Å². The Labute approximate surface area is 156 Å². The maximum Gasteiger partial charge on any atom is 0.119 e. The highest BCUT2D eigenvalue weighted by Crippen LogP contribution is 2.37. The molecule has 0 heterocycles. The molecule has 1 aliphatic carbocycles. The molecule has 0 aromatic heterocycles. The zero-order valence-corrected chi connectivity index (χ0v) is 16.9. The molecule has 1 atom stereocenters. The molecule has 2 rings (SSSR count). The van der Waals surface area contributed by atoms with E-state index in [0.29, 0.717) is 6.10 Å². The van der Waals surface area contributed by atoms with Crippen molar-refractivity contribution in [2.75, 3.05) is 0 Å². The van der Waals surface area contributed by atoms with Crippen molar-refractivity contribution in [3.05, 3.63) is 29.8 Å². The van der Waals surface area contributed by atoms with Gasteiger partial charge in [0.15, 0.2) is 0 Å². The number of rotatable bonds is 11. The van der Waals surface area contributed by atoms with Crippen LogP contribution in [-0.2, 0) is 0 Å². The van der Waals surface area contributed by atoms with Crippen molar-refractivity contribution < 1.29 is 4.74 Å². The van der Waals surface area contributed by atoms with Crippen molar-refractivity contribution in [1.82, 2.24) is 0 Å². The van der Waals surface area contributed by atoms with Crippen LogP contribution < -0.4 is 4.74 Å². The van der Waals surface area contributed by atoms with E-state index < -0.39 is 0 Å². The molecule has 1 aromatic carbocycles. The van der Waals surface area contributed by atoms with Gasteiger partial charge >= 0.3 is 0 Å². The molecule has 0 saturated heterocycles. The lowest BCUT2D eigenvalue weighted by molar-refractivity contribution is 0.206. The van der Waals surface area contributed by atoms with E-state index >= 15 is 0 Å². The highest BCUT2D eigenvalue weighted by molar-refractivity contribution is 5.29. The predicted octanol–water partition coefficient (Wildman–Crippen LogP) is 7.89. The van der Waals surface area contributed by atoms with Crippen molar-refractivity contribution in [2.24, 2.45) is 5.92 Å². The van der Waals surface area contributed by atoms with E-state index in [-0.39, 0.29) is 0 Å². The monoisotopic (exact) mass is 344 g/mol. The smallest absolute Gasteiger partial charge is 0.119 e. The van der Waals surface area contributed by atoms with Gasteiger partial charge in [-0.1, -0.05) is 64.5 Å². The van der Waals surface area contributed by atoms with Crippen LogP contribution in [0.15, 0.2) is 24.3 Å². The molecular formula is C24H40O. The normalized spacial score (nSPS) is 21.9. The Balaban J connectivity index is 1.71. The zero-order chi connectivity index (χ0) is 17.9. The van der Waals surface area contributed by atoms with E-state index in [4.69, 9.17) is 4.74 Å². The van der Waals surface area contributed by atoms with Gasteiger partial charge in [0.25, 0.3) is 0 Å². The van der Waals surface area contributed by atoms with Crippen molar-refractivity contribution in [3.8, 4) is 5.75 Å². The van der Waals surface area contributed by atoms with Crippen molar-refractivity contribution in [3.63, 3.8) is 0 Å². The molecule has 0 bridgehead atoms. The van der Waals surface area contributed by atoms with Crippen LogP contribution >= 0.6 is 0 Å². The standard InChI is InChI=1S/C24H40O/c1-4-6-7-8-9-11-20(3)25-24-18-16-23(17-19-24)22-14-12-21(10-5-2)13-15-22/h16-22H,4-15H2,1-3H3/t20-,21?,22?/m0/s1. The first kappa shape index (κ1) is 20.3. The third kappa shape index (κ3) is 7.42. The molecule has 1 fully saturated rings. The molecule has 0 N–H and O–H groups in total. The lowest BCUT2D eigenvalue weighted by atomic mass is 9.77. The molecule has 0 aliphatic heterocycles. The average Bonchev–Trinajstić information content (AvgIpc) is 2.63. The minimum absolute atomic E-state index is 0.331. The van der Waals surface area contributed by atoms with Gasteiger partial charge in [-0.3, -0.25) is 0 Å². The fourth-order valence-electron chi connectivity index (χ4n) is 4.34. The van der Waals surface area contributed by atoms with Crippen LogP contribution in [0.1, 0.15) is 109 Å². The molecular weight excluding hydrogens is 304 g/mol. The first-order valence-corrected chi connectivity index (χ1v) is 11.0. The summed E-state index contributed by atoms with van der Waals surface area (Å²) in [4.78, 5) is 0. The molecule has 142 valence electrons. The van der Waals surface area contributed by atoms with Gasteiger partial charge in [0.2, 0.25) is 0 Å². The number of ether oxygens (including phenoxy) is 1. The Morgan fingerprint density at radius 2 is 1.56 bits per heavy atom. The Morgan fingerprint density at radius 1 is 0.880 bits per heavy atom. The summed E-state index contributed by atoms with van der Waals surface area (Å²) in [6, 6.07) is 9.02. The molecule has 1 aliphatic rings. The molecule has 0 radical (unpaired) electrons. The zero-order valence-electron chi connectivity index (χ0n) is 16.9. The lowest BCUT2D eigenvalue weighted by Gasteiger charge is -2.28. The molecule has 1 saturated carbocycles. The molecule has 0 spiro atoms. The molecule has 0 unspecified atom stereocenters. The van der Waals surface area contributed by atoms with Gasteiger partial charge in [0, 0.05) is 0 Å². The Kier molecular flexibility index (Phi) is 9.43. The maximum absolute atomic E-state index is 6.11. The summed E-state index contributed by atoms with van der Waals surface area (Å²) < 4.78 is 6.11. The van der Waals surface area contributed by atoms with Gasteiger partial charge < -0.3 is 4.74 Å². The minimum atomic E-state index is 0.331. The molecule has 1 nitrogen and oxygen atoms in total. The fraction of sp³-hybridized carbons (Fsp3) is 0.750. The second kappa shape index (κ2) is 11.6. The van der Waals surface area contributed by atoms with E-state index in [1.54, 1.807) is 0 Å². The highest BCUT2D eigenvalue weighted by atomic mass is 16.5. The Bertz CT molecular complexity index is 442. The summed E-state index contributed by atoms with van der Waals surface area (Å²) in [5.41, 5.74) is 1.52. The third-order valence-electron chi connectivity index (χ3n) is 5.95. The van der Waals surface area contributed by atoms with E-state index in [0.717, 1.165) is 17.6 Å². The van der Waals surface area contributed by atoms with Crippen molar-refractivity contribution in [1.29, 1.82) is 0 Å². The number of unbranched alkanes of at least 4 members (excludes halogenated alkanes) is 4. The van der Waals surface area contributed by atoms with Crippen molar-refractivity contribution >= 4 is 0 Å². The summed E-state index contributed by atoms with van der Waals surface area (Å²) in [5.74, 6) is 2.81. The second-order valence-corrected chi connectivity index (χ2v) is 8.21. The van der Waals surface area contributed by atoms with Crippen LogP contribution in [0.4, 0.5) is 0 Å². The maximum atomic E-state index is 6.11. The SMILES string of the molecule is CCCCCCC[C@H](C)Oc1ccc(C2CCC(CCC)CC2)cc1. The first-order chi connectivity index (χ1) is 12.2. The van der Waals surface area contributed by atoms with Crippen LogP contribution in [-0.4, -0.2) is 6.10 Å². The topological polar surface area (TPSA) is 9.23 Å². The number of benzene rings is 1. The van der Waals surface area contributed by atoms with Gasteiger partial charge in [-0.05, 0) is 75.0 Å².